The van der Waals surface area contributed by atoms with Crippen LogP contribution in [-0.2, 0) is 21.2 Å². The van der Waals surface area contributed by atoms with Gasteiger partial charge < -0.3 is 10.1 Å². The highest BCUT2D eigenvalue weighted by molar-refractivity contribution is 7.89. The van der Waals surface area contributed by atoms with Crippen LogP contribution in [0.25, 0.3) is 0 Å². The zero-order valence-electron chi connectivity index (χ0n) is 15.9. The standard InChI is InChI=1S/C20H26N2O4S/c1-4-12-21-20(23)18(14-16-8-6-5-7-9-16)22-27(24,25)17-10-11-19(26-3)15(2)13-17/h5-11,13,18,22H,4,12,14H2,1-3H3,(H,21,23)/t18-/m1/s1. The van der Waals surface area contributed by atoms with Crippen molar-refractivity contribution < 1.29 is 17.9 Å². The minimum Gasteiger partial charge on any atom is -0.496 e. The van der Waals surface area contributed by atoms with Crippen LogP contribution >= 0.6 is 0 Å². The fourth-order valence-corrected chi connectivity index (χ4v) is 3.96. The lowest BCUT2D eigenvalue weighted by Gasteiger charge is -2.19. The van der Waals surface area contributed by atoms with Crippen LogP contribution in [0.4, 0.5) is 0 Å². The largest absolute Gasteiger partial charge is 0.496 e. The molecule has 2 rings (SSSR count). The molecule has 1 amide bonds. The number of carbonyl (C=O) groups is 1. The molecule has 27 heavy (non-hydrogen) atoms. The number of hydrogen-bond donors (Lipinski definition) is 2. The molecule has 2 aromatic carbocycles. The molecular formula is C20H26N2O4S. The quantitative estimate of drug-likeness (QED) is 0.689. The number of carbonyl (C=O) groups excluding carboxylic acids is 1. The minimum atomic E-state index is -3.86. The Bertz CT molecular complexity index is 867. The molecule has 7 heteroatoms. The molecule has 146 valence electrons. The molecular weight excluding hydrogens is 364 g/mol. The summed E-state index contributed by atoms with van der Waals surface area (Å²) < 4.78 is 33.4. The van der Waals surface area contributed by atoms with E-state index < -0.39 is 16.1 Å². The first-order valence-corrected chi connectivity index (χ1v) is 10.3. The zero-order chi connectivity index (χ0) is 19.9. The summed E-state index contributed by atoms with van der Waals surface area (Å²) in [6, 6.07) is 13.0. The topological polar surface area (TPSA) is 84.5 Å². The smallest absolute Gasteiger partial charge is 0.241 e. The summed E-state index contributed by atoms with van der Waals surface area (Å²) >= 11 is 0. The van der Waals surface area contributed by atoms with E-state index in [2.05, 4.69) is 10.0 Å². The number of nitrogens with one attached hydrogen (secondary N) is 2. The number of ether oxygens (including phenoxy) is 1. The number of aryl methyl sites for hydroxylation is 1. The zero-order valence-corrected chi connectivity index (χ0v) is 16.7. The third-order valence-corrected chi connectivity index (χ3v) is 5.59. The molecule has 6 nitrogen and oxygen atoms in total. The summed E-state index contributed by atoms with van der Waals surface area (Å²) in [5.41, 5.74) is 1.58. The molecule has 0 aliphatic carbocycles. The van der Waals surface area contributed by atoms with Gasteiger partial charge >= 0.3 is 0 Å². The highest BCUT2D eigenvalue weighted by atomic mass is 32.2. The SMILES string of the molecule is CCCNC(=O)[C@@H](Cc1ccccc1)NS(=O)(=O)c1ccc(OC)c(C)c1. The molecule has 0 spiro atoms. The summed E-state index contributed by atoms with van der Waals surface area (Å²) in [6.07, 6.45) is 1.04. The lowest BCUT2D eigenvalue weighted by Crippen LogP contribution is -2.48. The van der Waals surface area contributed by atoms with Crippen molar-refractivity contribution in [3.8, 4) is 5.75 Å². The van der Waals surface area contributed by atoms with Crippen LogP contribution in [-0.4, -0.2) is 34.0 Å². The van der Waals surface area contributed by atoms with E-state index in [-0.39, 0.29) is 17.2 Å². The summed E-state index contributed by atoms with van der Waals surface area (Å²) in [6.45, 7) is 4.21. The average Bonchev–Trinajstić information content (AvgIpc) is 2.66. The Hall–Kier alpha value is -2.38. The molecule has 0 fully saturated rings. The molecule has 0 saturated heterocycles. The minimum absolute atomic E-state index is 0.0992. The van der Waals surface area contributed by atoms with Crippen LogP contribution < -0.4 is 14.8 Å². The maximum Gasteiger partial charge on any atom is 0.241 e. The molecule has 0 aromatic heterocycles. The van der Waals surface area contributed by atoms with Crippen molar-refractivity contribution >= 4 is 15.9 Å². The molecule has 0 unspecified atom stereocenters. The predicted molar refractivity (Wildman–Crippen MR) is 105 cm³/mol. The Morgan fingerprint density at radius 3 is 2.44 bits per heavy atom. The van der Waals surface area contributed by atoms with Crippen molar-refractivity contribution in [1.82, 2.24) is 10.0 Å². The summed E-state index contributed by atoms with van der Waals surface area (Å²) in [7, 11) is -2.33. The maximum atomic E-state index is 12.8. The number of rotatable bonds is 9. The van der Waals surface area contributed by atoms with Crippen LogP contribution in [0.1, 0.15) is 24.5 Å². The molecule has 1 atom stereocenters. The number of hydrogen-bond acceptors (Lipinski definition) is 4. The van der Waals surface area contributed by atoms with Gasteiger partial charge in [-0.3, -0.25) is 4.79 Å². The molecule has 2 N–H and O–H groups in total. The Morgan fingerprint density at radius 1 is 1.15 bits per heavy atom. The number of benzene rings is 2. The van der Waals surface area contributed by atoms with E-state index in [1.165, 1.54) is 19.2 Å². The van der Waals surface area contributed by atoms with E-state index in [0.29, 0.717) is 17.9 Å². The second-order valence-electron chi connectivity index (χ2n) is 6.29. The van der Waals surface area contributed by atoms with E-state index in [4.69, 9.17) is 4.74 Å². The number of sulfonamides is 1. The average molecular weight is 391 g/mol. The van der Waals surface area contributed by atoms with Gasteiger partial charge in [-0.15, -0.1) is 0 Å². The summed E-state index contributed by atoms with van der Waals surface area (Å²) in [5, 5.41) is 2.77. The van der Waals surface area contributed by atoms with Crippen LogP contribution in [0, 0.1) is 6.92 Å². The highest BCUT2D eigenvalue weighted by Crippen LogP contribution is 2.21. The van der Waals surface area contributed by atoms with E-state index >= 15 is 0 Å². The molecule has 0 aliphatic heterocycles. The Morgan fingerprint density at radius 2 is 1.85 bits per heavy atom. The van der Waals surface area contributed by atoms with E-state index in [9.17, 15) is 13.2 Å². The van der Waals surface area contributed by atoms with Crippen molar-refractivity contribution in [3.05, 3.63) is 59.7 Å². The van der Waals surface area contributed by atoms with Crippen LogP contribution in [0.5, 0.6) is 5.75 Å². The van der Waals surface area contributed by atoms with Gasteiger partial charge in [0, 0.05) is 6.54 Å². The predicted octanol–water partition coefficient (Wildman–Crippen LogP) is 2.42. The molecule has 0 heterocycles. The molecule has 2 aromatic rings. The lowest BCUT2D eigenvalue weighted by atomic mass is 10.1. The molecule has 0 radical (unpaired) electrons. The Kier molecular flexibility index (Phi) is 7.38. The summed E-state index contributed by atoms with van der Waals surface area (Å²) in [5.74, 6) is 0.269. The van der Waals surface area contributed by atoms with Gasteiger partial charge in [-0.2, -0.15) is 4.72 Å². The number of amides is 1. The Labute approximate surface area is 161 Å². The van der Waals surface area contributed by atoms with E-state index in [1.807, 2.05) is 37.3 Å². The van der Waals surface area contributed by atoms with Gasteiger partial charge in [-0.05, 0) is 49.1 Å². The fraction of sp³-hybridized carbons (Fsp3) is 0.350. The molecule has 0 aliphatic rings. The highest BCUT2D eigenvalue weighted by Gasteiger charge is 2.26. The first kappa shape index (κ1) is 20.9. The van der Waals surface area contributed by atoms with Crippen LogP contribution in [0.2, 0.25) is 0 Å². The van der Waals surface area contributed by atoms with Crippen molar-refractivity contribution in [3.63, 3.8) is 0 Å². The fourth-order valence-electron chi connectivity index (χ4n) is 2.68. The van der Waals surface area contributed by atoms with Gasteiger partial charge in [-0.1, -0.05) is 37.3 Å². The van der Waals surface area contributed by atoms with Gasteiger partial charge in [0.25, 0.3) is 0 Å². The second kappa shape index (κ2) is 9.53. The van der Waals surface area contributed by atoms with Gasteiger partial charge in [-0.25, -0.2) is 8.42 Å². The first-order chi connectivity index (χ1) is 12.9. The van der Waals surface area contributed by atoms with Gasteiger partial charge in [0.15, 0.2) is 0 Å². The third kappa shape index (κ3) is 5.80. The first-order valence-electron chi connectivity index (χ1n) is 8.86. The normalized spacial score (nSPS) is 12.4. The van der Waals surface area contributed by atoms with Crippen molar-refractivity contribution in [2.45, 2.75) is 37.6 Å². The van der Waals surface area contributed by atoms with E-state index in [0.717, 1.165) is 12.0 Å². The van der Waals surface area contributed by atoms with Crippen LogP contribution in [0.3, 0.4) is 0 Å². The van der Waals surface area contributed by atoms with Crippen molar-refractivity contribution in [2.75, 3.05) is 13.7 Å². The third-order valence-electron chi connectivity index (χ3n) is 4.12. The maximum absolute atomic E-state index is 12.8. The van der Waals surface area contributed by atoms with Gasteiger partial charge in [0.05, 0.1) is 12.0 Å². The Balaban J connectivity index is 2.26. The van der Waals surface area contributed by atoms with Crippen LogP contribution in [0.15, 0.2) is 53.4 Å². The van der Waals surface area contributed by atoms with Crippen molar-refractivity contribution in [1.29, 1.82) is 0 Å². The lowest BCUT2D eigenvalue weighted by molar-refractivity contribution is -0.122. The monoisotopic (exact) mass is 390 g/mol. The van der Waals surface area contributed by atoms with Gasteiger partial charge in [0.1, 0.15) is 11.8 Å². The van der Waals surface area contributed by atoms with E-state index in [1.54, 1.807) is 13.0 Å². The summed E-state index contributed by atoms with van der Waals surface area (Å²) in [4.78, 5) is 12.6. The molecule has 0 bridgehead atoms. The van der Waals surface area contributed by atoms with Crippen molar-refractivity contribution in [2.24, 2.45) is 0 Å². The number of methoxy groups -OCH3 is 1. The van der Waals surface area contributed by atoms with Gasteiger partial charge in [0.2, 0.25) is 15.9 Å². The molecule has 0 saturated carbocycles. The second-order valence-corrected chi connectivity index (χ2v) is 8.00.